The number of nitrogens with one attached hydrogen (secondary N) is 1. The third kappa shape index (κ3) is 3.92. The maximum absolute atomic E-state index is 12.7. The maximum Gasteiger partial charge on any atom is 0.254 e. The lowest BCUT2D eigenvalue weighted by atomic mass is 10.1. The first kappa shape index (κ1) is 20.4. The van der Waals surface area contributed by atoms with Crippen molar-refractivity contribution in [1.29, 1.82) is 0 Å². The summed E-state index contributed by atoms with van der Waals surface area (Å²) in [5, 5.41) is 0. The van der Waals surface area contributed by atoms with Crippen LogP contribution in [0.1, 0.15) is 48.5 Å². The van der Waals surface area contributed by atoms with Crippen molar-refractivity contribution in [3.63, 3.8) is 0 Å². The third-order valence-electron chi connectivity index (χ3n) is 6.05. The van der Waals surface area contributed by atoms with E-state index in [1.807, 2.05) is 18.2 Å². The Balaban J connectivity index is 1.58. The molecule has 2 aliphatic heterocycles. The number of rotatable bonds is 5. The van der Waals surface area contributed by atoms with Crippen LogP contribution in [0.2, 0.25) is 0 Å². The van der Waals surface area contributed by atoms with Crippen molar-refractivity contribution >= 4 is 5.91 Å². The van der Waals surface area contributed by atoms with E-state index in [9.17, 15) is 9.59 Å². The molecule has 0 radical (unpaired) electrons. The van der Waals surface area contributed by atoms with Crippen LogP contribution in [0.4, 0.5) is 0 Å². The van der Waals surface area contributed by atoms with Crippen molar-refractivity contribution in [2.24, 2.45) is 0 Å². The summed E-state index contributed by atoms with van der Waals surface area (Å²) in [7, 11) is 3.26. The van der Waals surface area contributed by atoms with Crippen LogP contribution in [0.5, 0.6) is 11.5 Å². The number of aromatic amines is 1. The first-order valence-corrected chi connectivity index (χ1v) is 10.3. The molecule has 1 unspecified atom stereocenters. The lowest BCUT2D eigenvalue weighted by Gasteiger charge is -2.28. The van der Waals surface area contributed by atoms with Crippen LogP contribution in [-0.4, -0.2) is 53.0 Å². The van der Waals surface area contributed by atoms with E-state index >= 15 is 0 Å². The van der Waals surface area contributed by atoms with E-state index in [0.717, 1.165) is 37.2 Å². The number of fused-ring (bicyclic) bond motifs is 1. The Morgan fingerprint density at radius 2 is 2.03 bits per heavy atom. The van der Waals surface area contributed by atoms with Crippen molar-refractivity contribution in [2.75, 3.05) is 27.3 Å². The van der Waals surface area contributed by atoms with Crippen molar-refractivity contribution in [1.82, 2.24) is 19.8 Å². The summed E-state index contributed by atoms with van der Waals surface area (Å²) in [6.07, 6.45) is 2.53. The van der Waals surface area contributed by atoms with Gasteiger partial charge in [-0.05, 0) is 43.5 Å². The molecule has 1 aromatic carbocycles. The van der Waals surface area contributed by atoms with Gasteiger partial charge in [-0.25, -0.2) is 4.98 Å². The topological polar surface area (TPSA) is 87.8 Å². The van der Waals surface area contributed by atoms with Gasteiger partial charge in [0.2, 0.25) is 5.91 Å². The molecule has 1 saturated heterocycles. The highest BCUT2D eigenvalue weighted by atomic mass is 16.5. The molecule has 3 heterocycles. The smallest absolute Gasteiger partial charge is 0.254 e. The van der Waals surface area contributed by atoms with Crippen LogP contribution in [0.25, 0.3) is 0 Å². The van der Waals surface area contributed by atoms with Gasteiger partial charge in [-0.1, -0.05) is 6.07 Å². The number of likely N-dealkylation sites (tertiary alicyclic amines) is 1. The van der Waals surface area contributed by atoms with Crippen molar-refractivity contribution < 1.29 is 14.3 Å². The molecule has 0 bridgehead atoms. The molecule has 160 valence electrons. The fourth-order valence-electron chi connectivity index (χ4n) is 4.42. The lowest BCUT2D eigenvalue weighted by molar-refractivity contribution is -0.129. The number of hydrogen-bond acceptors (Lipinski definition) is 6. The minimum Gasteiger partial charge on any atom is -0.493 e. The highest BCUT2D eigenvalue weighted by molar-refractivity contribution is 5.73. The summed E-state index contributed by atoms with van der Waals surface area (Å²) in [6.45, 7) is 4.19. The van der Waals surface area contributed by atoms with E-state index in [4.69, 9.17) is 14.5 Å². The van der Waals surface area contributed by atoms with E-state index in [2.05, 4.69) is 9.88 Å². The second-order valence-electron chi connectivity index (χ2n) is 7.88. The lowest BCUT2D eigenvalue weighted by Crippen LogP contribution is -2.39. The molecule has 0 saturated carbocycles. The molecule has 1 N–H and O–H groups in total. The second kappa shape index (κ2) is 8.47. The molecule has 1 fully saturated rings. The number of methoxy groups -OCH3 is 2. The Hall–Kier alpha value is -2.87. The van der Waals surface area contributed by atoms with Crippen molar-refractivity contribution in [2.45, 2.75) is 45.3 Å². The summed E-state index contributed by atoms with van der Waals surface area (Å²) in [4.78, 5) is 36.4. The van der Waals surface area contributed by atoms with Gasteiger partial charge in [0.15, 0.2) is 11.5 Å². The van der Waals surface area contributed by atoms with Crippen LogP contribution >= 0.6 is 0 Å². The Bertz CT molecular complexity index is 1000. The zero-order valence-corrected chi connectivity index (χ0v) is 17.7. The van der Waals surface area contributed by atoms with Gasteiger partial charge < -0.3 is 19.4 Å². The number of benzene rings is 1. The van der Waals surface area contributed by atoms with Crippen LogP contribution in [0, 0.1) is 0 Å². The molecule has 1 atom stereocenters. The molecule has 0 aliphatic carbocycles. The summed E-state index contributed by atoms with van der Waals surface area (Å²) in [6, 6.07) is 5.98. The van der Waals surface area contributed by atoms with E-state index in [1.54, 1.807) is 26.0 Å². The van der Waals surface area contributed by atoms with Gasteiger partial charge in [0.05, 0.1) is 32.5 Å². The second-order valence-corrected chi connectivity index (χ2v) is 7.88. The molecule has 0 spiro atoms. The first-order chi connectivity index (χ1) is 14.5. The van der Waals surface area contributed by atoms with Gasteiger partial charge >= 0.3 is 0 Å². The van der Waals surface area contributed by atoms with E-state index < -0.39 is 0 Å². The monoisotopic (exact) mass is 412 g/mol. The minimum atomic E-state index is -0.0730. The minimum absolute atomic E-state index is 0.0141. The third-order valence-corrected chi connectivity index (χ3v) is 6.05. The van der Waals surface area contributed by atoms with Gasteiger partial charge in [-0.3, -0.25) is 14.5 Å². The summed E-state index contributed by atoms with van der Waals surface area (Å²) in [5.74, 6) is 2.12. The van der Waals surface area contributed by atoms with Gasteiger partial charge in [-0.2, -0.15) is 0 Å². The quantitative estimate of drug-likeness (QED) is 0.809. The zero-order chi connectivity index (χ0) is 21.3. The normalized spacial score (nSPS) is 18.9. The average Bonchev–Trinajstić information content (AvgIpc) is 3.21. The molecule has 1 amide bonds. The number of nitrogens with zero attached hydrogens (tertiary/aromatic N) is 3. The molecule has 2 aromatic rings. The molecular weight excluding hydrogens is 384 g/mol. The number of aromatic nitrogens is 2. The fraction of sp³-hybridized carbons (Fsp3) is 0.500. The van der Waals surface area contributed by atoms with Crippen molar-refractivity contribution in [3.05, 3.63) is 51.2 Å². The van der Waals surface area contributed by atoms with Crippen LogP contribution in [0.15, 0.2) is 23.0 Å². The van der Waals surface area contributed by atoms with E-state index in [-0.39, 0.29) is 17.5 Å². The standard InChI is InChI=1S/C22H28N4O4/c1-14(27)25-10-8-16-17(13-25)23-21(24-22(16)28)18-5-4-9-26(18)12-15-6-7-19(29-2)20(11-15)30-3/h6-7,11,18H,4-5,8-10,12-13H2,1-3H3,(H,23,24,28). The van der Waals surface area contributed by atoms with Gasteiger partial charge in [0.1, 0.15) is 5.82 Å². The Kier molecular flexibility index (Phi) is 5.76. The Labute approximate surface area is 175 Å². The summed E-state index contributed by atoms with van der Waals surface area (Å²) < 4.78 is 10.8. The maximum atomic E-state index is 12.7. The number of hydrogen-bond donors (Lipinski definition) is 1. The number of carbonyl (C=O) groups excluding carboxylic acids is 1. The largest absolute Gasteiger partial charge is 0.493 e. The van der Waals surface area contributed by atoms with Gasteiger partial charge in [0.25, 0.3) is 5.56 Å². The van der Waals surface area contributed by atoms with Gasteiger partial charge in [0, 0.05) is 25.6 Å². The number of amides is 1. The number of carbonyl (C=O) groups is 1. The van der Waals surface area contributed by atoms with E-state index in [1.165, 1.54) is 0 Å². The number of ether oxygens (including phenoxy) is 2. The van der Waals surface area contributed by atoms with Crippen molar-refractivity contribution in [3.8, 4) is 11.5 Å². The predicted octanol–water partition coefficient (Wildman–Crippen LogP) is 2.03. The van der Waals surface area contributed by atoms with Crippen LogP contribution in [-0.2, 0) is 24.3 Å². The summed E-state index contributed by atoms with van der Waals surface area (Å²) >= 11 is 0. The molecule has 8 nitrogen and oxygen atoms in total. The van der Waals surface area contributed by atoms with Crippen LogP contribution in [0.3, 0.4) is 0 Å². The van der Waals surface area contributed by atoms with Gasteiger partial charge in [-0.15, -0.1) is 0 Å². The molecular formula is C22H28N4O4. The number of H-pyrrole nitrogens is 1. The fourth-order valence-corrected chi connectivity index (χ4v) is 4.42. The highest BCUT2D eigenvalue weighted by Crippen LogP contribution is 2.33. The van der Waals surface area contributed by atoms with E-state index in [0.29, 0.717) is 42.4 Å². The average molecular weight is 412 g/mol. The summed E-state index contributed by atoms with van der Waals surface area (Å²) in [5.41, 5.74) is 2.48. The predicted molar refractivity (Wildman–Crippen MR) is 112 cm³/mol. The zero-order valence-electron chi connectivity index (χ0n) is 17.7. The first-order valence-electron chi connectivity index (χ1n) is 10.3. The Morgan fingerprint density at radius 3 is 2.77 bits per heavy atom. The molecule has 30 heavy (non-hydrogen) atoms. The molecule has 8 heteroatoms. The van der Waals surface area contributed by atoms with Crippen LogP contribution < -0.4 is 15.0 Å². The molecule has 4 rings (SSSR count). The Morgan fingerprint density at radius 1 is 1.23 bits per heavy atom. The highest BCUT2D eigenvalue weighted by Gasteiger charge is 2.30. The SMILES string of the molecule is COc1ccc(CN2CCCC2c2nc3c(c(=O)[nH]2)CCN(C(C)=O)C3)cc1OC. The molecule has 2 aliphatic rings. The molecule has 1 aromatic heterocycles.